The zero-order chi connectivity index (χ0) is 11.5. The van der Waals surface area contributed by atoms with Gasteiger partial charge < -0.3 is 10.5 Å². The molecule has 2 N–H and O–H groups in total. The Labute approximate surface area is 92.4 Å². The van der Waals surface area contributed by atoms with E-state index in [0.717, 1.165) is 12.2 Å². The fourth-order valence-electron chi connectivity index (χ4n) is 1.94. The molecule has 0 unspecified atom stereocenters. The van der Waals surface area contributed by atoms with Crippen LogP contribution in [0.15, 0.2) is 30.3 Å². The van der Waals surface area contributed by atoms with E-state index >= 15 is 0 Å². The van der Waals surface area contributed by atoms with E-state index in [9.17, 15) is 0 Å². The SMILES string of the molecule is CC(C)(N)CC(C)(C)Oc1ccccc1. The second-order valence-electron chi connectivity index (χ2n) is 5.34. The summed E-state index contributed by atoms with van der Waals surface area (Å²) in [5, 5.41) is 0. The topological polar surface area (TPSA) is 35.2 Å². The van der Waals surface area contributed by atoms with Gasteiger partial charge in [-0.2, -0.15) is 0 Å². The highest BCUT2D eigenvalue weighted by atomic mass is 16.5. The zero-order valence-corrected chi connectivity index (χ0v) is 10.1. The Morgan fingerprint density at radius 2 is 1.60 bits per heavy atom. The largest absolute Gasteiger partial charge is 0.488 e. The van der Waals surface area contributed by atoms with Crippen LogP contribution in [0.2, 0.25) is 0 Å². The van der Waals surface area contributed by atoms with E-state index in [2.05, 4.69) is 13.8 Å². The number of hydrogen-bond acceptors (Lipinski definition) is 2. The average Bonchev–Trinajstić information content (AvgIpc) is 1.99. The molecule has 2 nitrogen and oxygen atoms in total. The first-order valence-electron chi connectivity index (χ1n) is 5.31. The van der Waals surface area contributed by atoms with Gasteiger partial charge in [-0.15, -0.1) is 0 Å². The monoisotopic (exact) mass is 207 g/mol. The van der Waals surface area contributed by atoms with Crippen LogP contribution in [-0.4, -0.2) is 11.1 Å². The van der Waals surface area contributed by atoms with Gasteiger partial charge in [0.05, 0.1) is 0 Å². The van der Waals surface area contributed by atoms with Gasteiger partial charge in [-0.1, -0.05) is 18.2 Å². The van der Waals surface area contributed by atoms with Crippen molar-refractivity contribution in [1.82, 2.24) is 0 Å². The van der Waals surface area contributed by atoms with Crippen LogP contribution in [0.1, 0.15) is 34.1 Å². The lowest BCUT2D eigenvalue weighted by Gasteiger charge is -2.32. The van der Waals surface area contributed by atoms with E-state index in [-0.39, 0.29) is 11.1 Å². The number of rotatable bonds is 4. The minimum Gasteiger partial charge on any atom is -0.488 e. The maximum Gasteiger partial charge on any atom is 0.120 e. The maximum absolute atomic E-state index is 6.00. The third-order valence-electron chi connectivity index (χ3n) is 2.02. The molecule has 0 saturated heterocycles. The molecule has 0 aliphatic heterocycles. The minimum absolute atomic E-state index is 0.210. The number of nitrogens with two attached hydrogens (primary N) is 1. The van der Waals surface area contributed by atoms with Gasteiger partial charge in [0.1, 0.15) is 11.4 Å². The summed E-state index contributed by atoms with van der Waals surface area (Å²) >= 11 is 0. The quantitative estimate of drug-likeness (QED) is 0.823. The van der Waals surface area contributed by atoms with Crippen molar-refractivity contribution in [2.45, 2.75) is 45.3 Å². The Hall–Kier alpha value is -1.02. The van der Waals surface area contributed by atoms with Crippen LogP contribution in [0, 0.1) is 0 Å². The molecule has 0 aliphatic carbocycles. The van der Waals surface area contributed by atoms with E-state index in [1.807, 2.05) is 44.2 Å². The lowest BCUT2D eigenvalue weighted by Crippen LogP contribution is -2.43. The zero-order valence-electron chi connectivity index (χ0n) is 10.1. The smallest absolute Gasteiger partial charge is 0.120 e. The molecule has 0 heterocycles. The summed E-state index contributed by atoms with van der Waals surface area (Å²) in [5.74, 6) is 0.895. The molecule has 1 aromatic carbocycles. The highest BCUT2D eigenvalue weighted by Crippen LogP contribution is 2.24. The first-order chi connectivity index (χ1) is 6.79. The van der Waals surface area contributed by atoms with Crippen LogP contribution < -0.4 is 10.5 Å². The van der Waals surface area contributed by atoms with Gasteiger partial charge in [0.25, 0.3) is 0 Å². The van der Waals surface area contributed by atoms with Gasteiger partial charge in [0.15, 0.2) is 0 Å². The van der Waals surface area contributed by atoms with Gasteiger partial charge in [0, 0.05) is 12.0 Å². The summed E-state index contributed by atoms with van der Waals surface area (Å²) in [6.45, 7) is 8.16. The van der Waals surface area contributed by atoms with Gasteiger partial charge in [-0.05, 0) is 39.8 Å². The fourth-order valence-corrected chi connectivity index (χ4v) is 1.94. The summed E-state index contributed by atoms with van der Waals surface area (Å²) in [5.41, 5.74) is 5.55. The predicted molar refractivity (Wildman–Crippen MR) is 64.0 cm³/mol. The van der Waals surface area contributed by atoms with Crippen molar-refractivity contribution in [3.05, 3.63) is 30.3 Å². The molecule has 0 amide bonds. The van der Waals surface area contributed by atoms with E-state index in [1.54, 1.807) is 0 Å². The van der Waals surface area contributed by atoms with Crippen LogP contribution in [0.25, 0.3) is 0 Å². The second kappa shape index (κ2) is 4.23. The summed E-state index contributed by atoms with van der Waals surface area (Å²) < 4.78 is 5.90. The summed E-state index contributed by atoms with van der Waals surface area (Å²) in [7, 11) is 0. The van der Waals surface area contributed by atoms with E-state index in [1.165, 1.54) is 0 Å². The first kappa shape index (κ1) is 12.1. The number of ether oxygens (including phenoxy) is 1. The van der Waals surface area contributed by atoms with Crippen molar-refractivity contribution in [2.75, 3.05) is 0 Å². The highest BCUT2D eigenvalue weighted by molar-refractivity contribution is 5.21. The number of benzene rings is 1. The molecule has 0 spiro atoms. The Morgan fingerprint density at radius 1 is 1.07 bits per heavy atom. The Bertz CT molecular complexity index is 298. The van der Waals surface area contributed by atoms with E-state index < -0.39 is 0 Å². The van der Waals surface area contributed by atoms with E-state index in [0.29, 0.717) is 0 Å². The molecule has 0 atom stereocenters. The highest BCUT2D eigenvalue weighted by Gasteiger charge is 2.27. The van der Waals surface area contributed by atoms with Crippen LogP contribution in [0.4, 0.5) is 0 Å². The molecule has 0 aromatic heterocycles. The lowest BCUT2D eigenvalue weighted by atomic mass is 9.90. The van der Waals surface area contributed by atoms with Gasteiger partial charge in [-0.25, -0.2) is 0 Å². The Kier molecular flexibility index (Phi) is 3.40. The van der Waals surface area contributed by atoms with Crippen LogP contribution >= 0.6 is 0 Å². The number of hydrogen-bond donors (Lipinski definition) is 1. The molecule has 1 rings (SSSR count). The van der Waals surface area contributed by atoms with Gasteiger partial charge >= 0.3 is 0 Å². The Morgan fingerprint density at radius 3 is 2.07 bits per heavy atom. The second-order valence-corrected chi connectivity index (χ2v) is 5.34. The Balaban J connectivity index is 2.65. The third-order valence-corrected chi connectivity index (χ3v) is 2.02. The van der Waals surface area contributed by atoms with Crippen LogP contribution in [0.3, 0.4) is 0 Å². The summed E-state index contributed by atoms with van der Waals surface area (Å²) in [6.07, 6.45) is 0.814. The molecule has 15 heavy (non-hydrogen) atoms. The minimum atomic E-state index is -0.237. The summed E-state index contributed by atoms with van der Waals surface area (Å²) in [4.78, 5) is 0. The van der Waals surface area contributed by atoms with Crippen LogP contribution in [-0.2, 0) is 0 Å². The van der Waals surface area contributed by atoms with Crippen molar-refractivity contribution < 1.29 is 4.74 Å². The molecule has 0 fully saturated rings. The van der Waals surface area contributed by atoms with Crippen molar-refractivity contribution in [3.63, 3.8) is 0 Å². The first-order valence-corrected chi connectivity index (χ1v) is 5.31. The van der Waals surface area contributed by atoms with Crippen molar-refractivity contribution >= 4 is 0 Å². The van der Waals surface area contributed by atoms with Crippen molar-refractivity contribution in [2.24, 2.45) is 5.73 Å². The van der Waals surface area contributed by atoms with Crippen molar-refractivity contribution in [3.8, 4) is 5.75 Å². The molecule has 0 radical (unpaired) electrons. The van der Waals surface area contributed by atoms with E-state index in [4.69, 9.17) is 10.5 Å². The van der Waals surface area contributed by atoms with Crippen molar-refractivity contribution in [1.29, 1.82) is 0 Å². The maximum atomic E-state index is 6.00. The molecule has 1 aromatic rings. The molecular weight excluding hydrogens is 186 g/mol. The molecule has 2 heteroatoms. The molecule has 84 valence electrons. The lowest BCUT2D eigenvalue weighted by molar-refractivity contribution is 0.0783. The average molecular weight is 207 g/mol. The standard InChI is InChI=1S/C13H21NO/c1-12(2,14)10-13(3,4)15-11-8-6-5-7-9-11/h5-9H,10,14H2,1-4H3. The molecular formula is C13H21NO. The number of para-hydroxylation sites is 1. The van der Waals surface area contributed by atoms with Crippen LogP contribution in [0.5, 0.6) is 5.75 Å². The predicted octanol–water partition coefficient (Wildman–Crippen LogP) is 2.97. The molecule has 0 bridgehead atoms. The normalized spacial score (nSPS) is 12.6. The molecule has 0 aliphatic rings. The fraction of sp³-hybridized carbons (Fsp3) is 0.538. The van der Waals surface area contributed by atoms with Gasteiger partial charge in [-0.3, -0.25) is 0 Å². The third kappa shape index (κ3) is 4.84. The summed E-state index contributed by atoms with van der Waals surface area (Å²) in [6, 6.07) is 9.85. The molecule has 0 saturated carbocycles. The van der Waals surface area contributed by atoms with Gasteiger partial charge in [0.2, 0.25) is 0 Å².